The van der Waals surface area contributed by atoms with E-state index in [-0.39, 0.29) is 23.7 Å². The SMILES string of the molecule is CN(C)c1cc(NC(=O)c2ccccc2-c2ccccc2)ccc1C(=O)C1CC=CC2=CNC=C3CSCCN3[C@H]21. The molecule has 1 amide bonds. The molecule has 3 aromatic carbocycles. The molecule has 1 aliphatic carbocycles. The minimum absolute atomic E-state index is 0.00136. The number of Topliss-reactive ketones (excluding diaryl/α,β-unsaturated/α-hetero) is 1. The van der Waals surface area contributed by atoms with Crippen LogP contribution >= 0.6 is 11.8 Å². The van der Waals surface area contributed by atoms with Crippen LogP contribution in [0.3, 0.4) is 0 Å². The number of thioether (sulfide) groups is 1. The lowest BCUT2D eigenvalue weighted by Gasteiger charge is -2.42. The summed E-state index contributed by atoms with van der Waals surface area (Å²) in [5.41, 5.74) is 6.96. The molecule has 1 fully saturated rings. The average Bonchev–Trinajstić information content (AvgIpc) is 3.20. The predicted octanol–water partition coefficient (Wildman–Crippen LogP) is 6.18. The Morgan fingerprint density at radius 2 is 1.78 bits per heavy atom. The van der Waals surface area contributed by atoms with Gasteiger partial charge in [-0.2, -0.15) is 11.8 Å². The first-order valence-electron chi connectivity index (χ1n) is 14.0. The highest BCUT2D eigenvalue weighted by molar-refractivity contribution is 7.99. The molecule has 7 heteroatoms. The molecule has 208 valence electrons. The first-order chi connectivity index (χ1) is 20.0. The van der Waals surface area contributed by atoms with Gasteiger partial charge in [-0.1, -0.05) is 60.7 Å². The Labute approximate surface area is 245 Å². The number of ketones is 1. The number of hydrogen-bond acceptors (Lipinski definition) is 6. The molecule has 41 heavy (non-hydrogen) atoms. The maximum atomic E-state index is 14.3. The predicted molar refractivity (Wildman–Crippen MR) is 169 cm³/mol. The molecule has 3 aromatic rings. The van der Waals surface area contributed by atoms with Crippen molar-refractivity contribution in [2.45, 2.75) is 12.5 Å². The van der Waals surface area contributed by atoms with Crippen molar-refractivity contribution in [3.63, 3.8) is 0 Å². The lowest BCUT2D eigenvalue weighted by Crippen LogP contribution is -2.47. The number of carbonyl (C=O) groups is 2. The largest absolute Gasteiger partial charge is 0.377 e. The number of rotatable bonds is 6. The van der Waals surface area contributed by atoms with Crippen molar-refractivity contribution in [3.8, 4) is 11.1 Å². The summed E-state index contributed by atoms with van der Waals surface area (Å²) in [7, 11) is 3.87. The Bertz CT molecular complexity index is 1560. The molecule has 1 unspecified atom stereocenters. The fourth-order valence-corrected chi connectivity index (χ4v) is 6.90. The average molecular weight is 563 g/mol. The second kappa shape index (κ2) is 11.7. The lowest BCUT2D eigenvalue weighted by atomic mass is 9.79. The van der Waals surface area contributed by atoms with E-state index in [1.807, 2.05) is 110 Å². The van der Waals surface area contributed by atoms with Gasteiger partial charge < -0.3 is 20.4 Å². The normalized spacial score (nSPS) is 19.5. The molecule has 2 atom stereocenters. The minimum Gasteiger partial charge on any atom is -0.377 e. The van der Waals surface area contributed by atoms with Crippen LogP contribution < -0.4 is 15.5 Å². The van der Waals surface area contributed by atoms with Gasteiger partial charge in [0.25, 0.3) is 5.91 Å². The van der Waals surface area contributed by atoms with Gasteiger partial charge in [-0.3, -0.25) is 9.59 Å². The highest BCUT2D eigenvalue weighted by atomic mass is 32.2. The van der Waals surface area contributed by atoms with E-state index >= 15 is 0 Å². The lowest BCUT2D eigenvalue weighted by molar-refractivity contribution is 0.0851. The number of fused-ring (bicyclic) bond motifs is 3. The van der Waals surface area contributed by atoms with Crippen molar-refractivity contribution in [2.24, 2.45) is 5.92 Å². The highest BCUT2D eigenvalue weighted by Crippen LogP contribution is 2.38. The second-order valence-electron chi connectivity index (χ2n) is 10.7. The van der Waals surface area contributed by atoms with E-state index in [0.29, 0.717) is 23.2 Å². The Morgan fingerprint density at radius 1 is 0.976 bits per heavy atom. The maximum Gasteiger partial charge on any atom is 0.256 e. The van der Waals surface area contributed by atoms with Gasteiger partial charge >= 0.3 is 0 Å². The fourth-order valence-electron chi connectivity index (χ4n) is 5.97. The van der Waals surface area contributed by atoms with Gasteiger partial charge in [0.15, 0.2) is 5.78 Å². The third-order valence-electron chi connectivity index (χ3n) is 7.95. The zero-order valence-corrected chi connectivity index (χ0v) is 24.2. The number of anilines is 2. The van der Waals surface area contributed by atoms with Crippen LogP contribution in [0, 0.1) is 5.92 Å². The van der Waals surface area contributed by atoms with E-state index in [2.05, 4.69) is 33.9 Å². The van der Waals surface area contributed by atoms with Crippen LogP contribution in [0.25, 0.3) is 11.1 Å². The van der Waals surface area contributed by atoms with Crippen molar-refractivity contribution >= 4 is 34.8 Å². The number of benzene rings is 3. The molecule has 0 radical (unpaired) electrons. The van der Waals surface area contributed by atoms with Crippen LogP contribution in [0.2, 0.25) is 0 Å². The quantitative estimate of drug-likeness (QED) is 0.350. The summed E-state index contributed by atoms with van der Waals surface area (Å²) in [6, 6.07) is 23.1. The Balaban J connectivity index is 1.29. The Kier molecular flexibility index (Phi) is 7.70. The molecule has 2 aliphatic heterocycles. The summed E-state index contributed by atoms with van der Waals surface area (Å²) in [5, 5.41) is 6.41. The van der Waals surface area contributed by atoms with Gasteiger partial charge in [0, 0.05) is 72.7 Å². The first kappa shape index (κ1) is 27.0. The molecule has 0 spiro atoms. The third-order valence-corrected chi connectivity index (χ3v) is 8.92. The molecule has 0 aromatic heterocycles. The summed E-state index contributed by atoms with van der Waals surface area (Å²) in [6.07, 6.45) is 9.07. The van der Waals surface area contributed by atoms with E-state index < -0.39 is 0 Å². The molecule has 6 nitrogen and oxygen atoms in total. The van der Waals surface area contributed by atoms with Crippen LogP contribution in [0.4, 0.5) is 11.4 Å². The fraction of sp³-hybridized carbons (Fsp3) is 0.235. The Hall–Kier alpha value is -4.23. The molecule has 0 bridgehead atoms. The summed E-state index contributed by atoms with van der Waals surface area (Å²) < 4.78 is 0. The van der Waals surface area contributed by atoms with Gasteiger partial charge in [-0.05, 0) is 47.4 Å². The van der Waals surface area contributed by atoms with Crippen molar-refractivity contribution in [2.75, 3.05) is 42.4 Å². The molecule has 2 N–H and O–H groups in total. The number of nitrogens with zero attached hydrogens (tertiary/aromatic N) is 2. The summed E-state index contributed by atoms with van der Waals surface area (Å²) >= 11 is 1.93. The standard InChI is InChI=1S/C34H34N4O2S/c1-37(2)31-19-25(36-34(40)28-13-7-6-12-27(28)23-9-4-3-5-10-23)15-16-29(31)33(39)30-14-8-11-24-20-35-21-26-22-41-18-17-38(26)32(24)30/h3-13,15-16,19-21,30,32,35H,14,17-18,22H2,1-2H3,(H,36,40)/t30?,32-/m1/s1. The summed E-state index contributed by atoms with van der Waals surface area (Å²) in [6.45, 7) is 0.924. The number of hydrogen-bond donors (Lipinski definition) is 2. The molecular formula is C34H34N4O2S. The highest BCUT2D eigenvalue weighted by Gasteiger charge is 2.39. The van der Waals surface area contributed by atoms with Gasteiger partial charge in [-0.25, -0.2) is 0 Å². The number of carbonyl (C=O) groups excluding carboxylic acids is 2. The molecule has 3 aliphatic rings. The van der Waals surface area contributed by atoms with E-state index in [1.54, 1.807) is 0 Å². The molecule has 1 saturated heterocycles. The van der Waals surface area contributed by atoms with Gasteiger partial charge in [-0.15, -0.1) is 0 Å². The monoisotopic (exact) mass is 562 g/mol. The number of allylic oxidation sites excluding steroid dienone is 1. The zero-order valence-electron chi connectivity index (χ0n) is 23.3. The van der Waals surface area contributed by atoms with Crippen LogP contribution in [0.5, 0.6) is 0 Å². The van der Waals surface area contributed by atoms with E-state index in [0.717, 1.165) is 40.4 Å². The summed E-state index contributed by atoms with van der Waals surface area (Å²) in [5.74, 6) is 1.74. The third kappa shape index (κ3) is 5.42. The van der Waals surface area contributed by atoms with E-state index in [9.17, 15) is 9.59 Å². The van der Waals surface area contributed by atoms with Gasteiger partial charge in [0.05, 0.1) is 12.0 Å². The number of amides is 1. The van der Waals surface area contributed by atoms with Crippen LogP contribution in [0.1, 0.15) is 27.1 Å². The number of nitrogens with one attached hydrogen (secondary N) is 2. The maximum absolute atomic E-state index is 14.3. The smallest absolute Gasteiger partial charge is 0.256 e. The molecule has 0 saturated carbocycles. The van der Waals surface area contributed by atoms with Crippen LogP contribution in [-0.4, -0.2) is 54.8 Å². The Morgan fingerprint density at radius 3 is 2.61 bits per heavy atom. The van der Waals surface area contributed by atoms with Crippen LogP contribution in [0.15, 0.2) is 109 Å². The first-order valence-corrected chi connectivity index (χ1v) is 15.1. The molecule has 6 rings (SSSR count). The molecule has 2 heterocycles. The van der Waals surface area contributed by atoms with Crippen molar-refractivity contribution in [1.29, 1.82) is 0 Å². The van der Waals surface area contributed by atoms with Crippen molar-refractivity contribution < 1.29 is 9.59 Å². The van der Waals surface area contributed by atoms with Crippen LogP contribution in [-0.2, 0) is 0 Å². The topological polar surface area (TPSA) is 64.7 Å². The molecular weight excluding hydrogens is 528 g/mol. The van der Waals surface area contributed by atoms with Crippen molar-refractivity contribution in [1.82, 2.24) is 10.2 Å². The van der Waals surface area contributed by atoms with E-state index in [4.69, 9.17) is 0 Å². The zero-order chi connectivity index (χ0) is 28.3. The van der Waals surface area contributed by atoms with Crippen molar-refractivity contribution in [3.05, 3.63) is 120 Å². The minimum atomic E-state index is -0.199. The summed E-state index contributed by atoms with van der Waals surface area (Å²) in [4.78, 5) is 32.1. The van der Waals surface area contributed by atoms with E-state index in [1.165, 1.54) is 5.70 Å². The van der Waals surface area contributed by atoms with Gasteiger partial charge in [0.1, 0.15) is 0 Å². The van der Waals surface area contributed by atoms with Gasteiger partial charge in [0.2, 0.25) is 0 Å². The second-order valence-corrected chi connectivity index (χ2v) is 11.8.